The smallest absolute Gasteiger partial charge is 0.260 e. The summed E-state index contributed by atoms with van der Waals surface area (Å²) in [5.74, 6) is -1.16. The van der Waals surface area contributed by atoms with Gasteiger partial charge >= 0.3 is 0 Å². The number of thioether (sulfide) groups is 2. The molecule has 0 aliphatic carbocycles. The SMILES string of the molecule is Cl.N[C@@H](CC(=O)N1CCSC1C(=O)NCc1ccc(OCC(=O)N2CCSCC2)cc1)Cc1cc(F)c(F)cc1F. The maximum atomic E-state index is 13.9. The minimum absolute atomic E-state index is 0. The lowest BCUT2D eigenvalue weighted by atomic mass is 10.0. The fourth-order valence-corrected chi connectivity index (χ4v) is 6.45. The number of nitrogens with two attached hydrogens (primary N) is 1. The Morgan fingerprint density at radius 3 is 2.37 bits per heavy atom. The van der Waals surface area contributed by atoms with Crippen LogP contribution in [-0.4, -0.2) is 82.4 Å². The van der Waals surface area contributed by atoms with Crippen LogP contribution in [0, 0.1) is 17.5 Å². The van der Waals surface area contributed by atoms with Crippen molar-refractivity contribution < 1.29 is 32.3 Å². The van der Waals surface area contributed by atoms with Crippen LogP contribution < -0.4 is 15.8 Å². The average Bonchev–Trinajstić information content (AvgIpc) is 3.45. The average molecular weight is 633 g/mol. The van der Waals surface area contributed by atoms with Crippen molar-refractivity contribution in [3.8, 4) is 5.75 Å². The van der Waals surface area contributed by atoms with E-state index in [0.29, 0.717) is 24.1 Å². The monoisotopic (exact) mass is 632 g/mol. The van der Waals surface area contributed by atoms with Crippen molar-refractivity contribution in [2.75, 3.05) is 43.5 Å². The number of rotatable bonds is 10. The number of hydrogen-bond donors (Lipinski definition) is 2. The number of nitrogens with one attached hydrogen (secondary N) is 1. The van der Waals surface area contributed by atoms with Crippen LogP contribution in [0.2, 0.25) is 0 Å². The fraction of sp³-hybridized carbons (Fsp3) is 0.444. The van der Waals surface area contributed by atoms with Crippen LogP contribution in [0.25, 0.3) is 0 Å². The number of halogens is 4. The van der Waals surface area contributed by atoms with Gasteiger partial charge in [-0.25, -0.2) is 13.2 Å². The lowest BCUT2D eigenvalue weighted by Gasteiger charge is -2.26. The van der Waals surface area contributed by atoms with Gasteiger partial charge in [0.15, 0.2) is 23.6 Å². The molecule has 2 aromatic rings. The van der Waals surface area contributed by atoms with Gasteiger partial charge in [0.2, 0.25) is 5.91 Å². The lowest BCUT2D eigenvalue weighted by Crippen LogP contribution is -2.46. The van der Waals surface area contributed by atoms with Crippen molar-refractivity contribution in [3.63, 3.8) is 0 Å². The zero-order valence-corrected chi connectivity index (χ0v) is 24.6. The summed E-state index contributed by atoms with van der Waals surface area (Å²) >= 11 is 3.16. The predicted octanol–water partition coefficient (Wildman–Crippen LogP) is 2.96. The van der Waals surface area contributed by atoms with Crippen molar-refractivity contribution in [2.24, 2.45) is 5.73 Å². The highest BCUT2D eigenvalue weighted by Gasteiger charge is 2.35. The van der Waals surface area contributed by atoms with Crippen molar-refractivity contribution in [1.82, 2.24) is 15.1 Å². The number of ether oxygens (including phenoxy) is 1. The number of nitrogens with zero attached hydrogens (tertiary/aromatic N) is 2. The predicted molar refractivity (Wildman–Crippen MR) is 156 cm³/mol. The molecule has 2 aliphatic heterocycles. The van der Waals surface area contributed by atoms with Crippen molar-refractivity contribution in [3.05, 3.63) is 65.0 Å². The fourth-order valence-electron chi connectivity index (χ4n) is 4.39. The molecule has 0 aromatic heterocycles. The molecule has 0 spiro atoms. The van der Waals surface area contributed by atoms with E-state index < -0.39 is 28.9 Å². The van der Waals surface area contributed by atoms with E-state index in [-0.39, 0.29) is 61.7 Å². The third kappa shape index (κ3) is 9.19. The van der Waals surface area contributed by atoms with Crippen LogP contribution in [0.1, 0.15) is 17.5 Å². The van der Waals surface area contributed by atoms with E-state index in [0.717, 1.165) is 36.2 Å². The summed E-state index contributed by atoms with van der Waals surface area (Å²) in [6, 6.07) is 7.41. The largest absolute Gasteiger partial charge is 0.484 e. The summed E-state index contributed by atoms with van der Waals surface area (Å²) in [6.07, 6.45) is -0.332. The Morgan fingerprint density at radius 1 is 0.976 bits per heavy atom. The van der Waals surface area contributed by atoms with Crippen molar-refractivity contribution >= 4 is 53.7 Å². The normalized spacial score (nSPS) is 17.5. The number of benzene rings is 2. The first-order chi connectivity index (χ1) is 19.2. The Labute approximate surface area is 251 Å². The van der Waals surface area contributed by atoms with Gasteiger partial charge in [-0.05, 0) is 35.7 Å². The maximum Gasteiger partial charge on any atom is 0.260 e. The molecule has 0 bridgehead atoms. The molecule has 2 saturated heterocycles. The molecule has 2 aliphatic rings. The van der Waals surface area contributed by atoms with Gasteiger partial charge in [0.1, 0.15) is 11.6 Å². The van der Waals surface area contributed by atoms with Gasteiger partial charge in [-0.1, -0.05) is 12.1 Å². The quantitative estimate of drug-likeness (QED) is 0.388. The van der Waals surface area contributed by atoms with Crippen molar-refractivity contribution in [1.29, 1.82) is 0 Å². The van der Waals surface area contributed by atoms with E-state index in [4.69, 9.17) is 10.5 Å². The van der Waals surface area contributed by atoms with Gasteiger partial charge in [0.05, 0.1) is 0 Å². The minimum atomic E-state index is -1.29. The van der Waals surface area contributed by atoms with Gasteiger partial charge in [-0.2, -0.15) is 11.8 Å². The van der Waals surface area contributed by atoms with Crippen LogP contribution in [0.5, 0.6) is 5.75 Å². The summed E-state index contributed by atoms with van der Waals surface area (Å²) in [6.45, 7) is 2.03. The van der Waals surface area contributed by atoms with Gasteiger partial charge in [0.25, 0.3) is 11.8 Å². The van der Waals surface area contributed by atoms with Crippen LogP contribution >= 0.6 is 35.9 Å². The van der Waals surface area contributed by atoms with E-state index in [1.165, 1.54) is 16.7 Å². The summed E-state index contributed by atoms with van der Waals surface area (Å²) < 4.78 is 46.2. The minimum Gasteiger partial charge on any atom is -0.484 e. The second kappa shape index (κ2) is 15.6. The third-order valence-corrected chi connectivity index (χ3v) is 8.71. The Morgan fingerprint density at radius 2 is 1.66 bits per heavy atom. The van der Waals surface area contributed by atoms with E-state index >= 15 is 0 Å². The molecule has 0 radical (unpaired) electrons. The molecule has 1 unspecified atom stereocenters. The molecule has 3 amide bonds. The molecule has 3 N–H and O–H groups in total. The van der Waals surface area contributed by atoms with Gasteiger partial charge < -0.3 is 25.6 Å². The summed E-state index contributed by atoms with van der Waals surface area (Å²) in [7, 11) is 0. The first-order valence-corrected chi connectivity index (χ1v) is 15.1. The molecule has 4 rings (SSSR count). The third-order valence-electron chi connectivity index (χ3n) is 6.56. The lowest BCUT2D eigenvalue weighted by molar-refractivity contribution is -0.136. The molecule has 2 heterocycles. The molecular formula is C27H32ClF3N4O4S2. The molecule has 41 heavy (non-hydrogen) atoms. The van der Waals surface area contributed by atoms with E-state index in [1.807, 2.05) is 11.8 Å². The van der Waals surface area contributed by atoms with E-state index in [2.05, 4.69) is 5.32 Å². The molecule has 2 aromatic carbocycles. The van der Waals surface area contributed by atoms with Crippen LogP contribution in [-0.2, 0) is 27.3 Å². The van der Waals surface area contributed by atoms with Crippen LogP contribution in [0.4, 0.5) is 13.2 Å². The van der Waals surface area contributed by atoms with Gasteiger partial charge in [0, 0.05) is 62.0 Å². The highest BCUT2D eigenvalue weighted by molar-refractivity contribution is 8.00. The summed E-state index contributed by atoms with van der Waals surface area (Å²) in [4.78, 5) is 41.2. The standard InChI is InChI=1S/C27H31F3N4O4S2.ClH/c28-21-14-23(30)22(29)12-18(21)11-19(31)13-24(35)34-7-10-40-27(34)26(37)32-15-17-1-3-20(4-2-17)38-16-25(36)33-5-8-39-9-6-33;/h1-4,12,14,19,27H,5-11,13,15-16,31H2,(H,32,37);1H/t19-,27?;/m1./s1. The maximum absolute atomic E-state index is 13.9. The van der Waals surface area contributed by atoms with Crippen LogP contribution in [0.15, 0.2) is 36.4 Å². The molecule has 224 valence electrons. The molecule has 2 atom stereocenters. The Bertz CT molecular complexity index is 1220. The first kappa shape index (κ1) is 32.9. The molecule has 2 fully saturated rings. The number of carbonyl (C=O) groups is 3. The molecule has 8 nitrogen and oxygen atoms in total. The van der Waals surface area contributed by atoms with Crippen molar-refractivity contribution in [2.45, 2.75) is 30.8 Å². The molecule has 0 saturated carbocycles. The molecular weight excluding hydrogens is 601 g/mol. The zero-order chi connectivity index (χ0) is 28.6. The Kier molecular flexibility index (Phi) is 12.5. The summed E-state index contributed by atoms with van der Waals surface area (Å²) in [5.41, 5.74) is 6.70. The number of hydrogen-bond acceptors (Lipinski definition) is 7. The van der Waals surface area contributed by atoms with Crippen LogP contribution in [0.3, 0.4) is 0 Å². The van der Waals surface area contributed by atoms with E-state index in [1.54, 1.807) is 29.2 Å². The molecule has 14 heteroatoms. The van der Waals surface area contributed by atoms with Gasteiger partial charge in [-0.3, -0.25) is 14.4 Å². The zero-order valence-electron chi connectivity index (χ0n) is 22.2. The first-order valence-electron chi connectivity index (χ1n) is 12.9. The van der Waals surface area contributed by atoms with E-state index in [9.17, 15) is 27.6 Å². The highest BCUT2D eigenvalue weighted by Crippen LogP contribution is 2.25. The topological polar surface area (TPSA) is 105 Å². The second-order valence-electron chi connectivity index (χ2n) is 9.48. The Hall–Kier alpha value is -2.61. The second-order valence-corrected chi connectivity index (χ2v) is 11.9. The van der Waals surface area contributed by atoms with Gasteiger partial charge in [-0.15, -0.1) is 24.2 Å². The number of carbonyl (C=O) groups excluding carboxylic acids is 3. The number of amides is 3. The highest BCUT2D eigenvalue weighted by atomic mass is 35.5. The Balaban J connectivity index is 0.00000462. The summed E-state index contributed by atoms with van der Waals surface area (Å²) in [5, 5.41) is 2.10.